The van der Waals surface area contributed by atoms with Gasteiger partial charge in [-0.25, -0.2) is 17.9 Å². The highest BCUT2D eigenvalue weighted by atomic mass is 35.5. The molecule has 142 valence electrons. The van der Waals surface area contributed by atoms with Crippen LogP contribution in [0.3, 0.4) is 0 Å². The molecule has 1 N–H and O–H groups in total. The average molecular weight is 404 g/mol. The number of alkyl halides is 5. The largest absolute Gasteiger partial charge is 0.416 e. The van der Waals surface area contributed by atoms with Gasteiger partial charge in [0.05, 0.1) is 10.6 Å². The zero-order chi connectivity index (χ0) is 19.8. The van der Waals surface area contributed by atoms with Crippen LogP contribution in [0.2, 0.25) is 5.02 Å². The van der Waals surface area contributed by atoms with Crippen LogP contribution in [0.1, 0.15) is 33.6 Å². The van der Waals surface area contributed by atoms with Gasteiger partial charge in [0, 0.05) is 19.2 Å². The molecule has 0 bridgehead atoms. The number of rotatable bonds is 4. The van der Waals surface area contributed by atoms with Crippen molar-refractivity contribution in [3.63, 3.8) is 0 Å². The van der Waals surface area contributed by atoms with E-state index in [1.807, 2.05) is 0 Å². The van der Waals surface area contributed by atoms with E-state index in [9.17, 15) is 35.5 Å². The molecule has 1 amide bonds. The number of amides is 1. The molecule has 2 aromatic rings. The minimum absolute atomic E-state index is 0.373. The van der Waals surface area contributed by atoms with Crippen molar-refractivity contribution in [3.05, 3.63) is 51.3 Å². The lowest BCUT2D eigenvalue weighted by Crippen LogP contribution is -2.27. The number of benzene rings is 1. The molecule has 0 saturated heterocycles. The third-order valence-corrected chi connectivity index (χ3v) is 3.66. The Labute approximate surface area is 146 Å². The maximum Gasteiger partial charge on any atom is 0.416 e. The van der Waals surface area contributed by atoms with Gasteiger partial charge < -0.3 is 5.32 Å². The Morgan fingerprint density at radius 2 is 1.92 bits per heavy atom. The molecular weight excluding hydrogens is 395 g/mol. The van der Waals surface area contributed by atoms with E-state index in [1.54, 1.807) is 5.32 Å². The Balaban J connectivity index is 2.36. The Bertz CT molecular complexity index is 848. The molecule has 1 aromatic heterocycles. The topological polar surface area (TPSA) is 46.9 Å². The second kappa shape index (κ2) is 7.14. The highest BCUT2D eigenvalue weighted by molar-refractivity contribution is 6.30. The first kappa shape index (κ1) is 20.0. The maximum absolute atomic E-state index is 13.9. The molecule has 0 aliphatic heterocycles. The van der Waals surface area contributed by atoms with Crippen molar-refractivity contribution >= 4 is 17.5 Å². The highest BCUT2D eigenvalue weighted by Gasteiger charge is 2.35. The van der Waals surface area contributed by atoms with E-state index < -0.39 is 64.2 Å². The van der Waals surface area contributed by atoms with Crippen molar-refractivity contribution < 1.29 is 35.5 Å². The predicted molar refractivity (Wildman–Crippen MR) is 75.7 cm³/mol. The average Bonchev–Trinajstić information content (AvgIpc) is 2.83. The maximum atomic E-state index is 13.9. The number of hydrogen-bond donors (Lipinski definition) is 1. The van der Waals surface area contributed by atoms with Crippen LogP contribution in [0.15, 0.2) is 12.1 Å². The molecule has 0 radical (unpaired) electrons. The van der Waals surface area contributed by atoms with E-state index in [1.165, 1.54) is 0 Å². The number of aryl methyl sites for hydroxylation is 1. The lowest BCUT2D eigenvalue weighted by atomic mass is 10.1. The fraction of sp³-hybridized carbons (Fsp3) is 0.286. The van der Waals surface area contributed by atoms with Crippen LogP contribution >= 0.6 is 11.6 Å². The molecule has 1 heterocycles. The lowest BCUT2D eigenvalue weighted by Gasteiger charge is -2.15. The third kappa shape index (κ3) is 3.76. The van der Waals surface area contributed by atoms with Gasteiger partial charge in [-0.15, -0.1) is 0 Å². The van der Waals surface area contributed by atoms with Gasteiger partial charge in [0.2, 0.25) is 5.95 Å². The van der Waals surface area contributed by atoms with Crippen LogP contribution in [-0.4, -0.2) is 15.7 Å². The van der Waals surface area contributed by atoms with Gasteiger partial charge in [0.15, 0.2) is 0 Å². The molecule has 0 unspecified atom stereocenters. The van der Waals surface area contributed by atoms with Crippen molar-refractivity contribution in [2.75, 3.05) is 0 Å². The minimum Gasteiger partial charge on any atom is -0.348 e. The van der Waals surface area contributed by atoms with E-state index in [-0.39, 0.29) is 0 Å². The van der Waals surface area contributed by atoms with Crippen LogP contribution in [0.25, 0.3) is 0 Å². The monoisotopic (exact) mass is 403 g/mol. The minimum atomic E-state index is -4.96. The highest BCUT2D eigenvalue weighted by Crippen LogP contribution is 2.35. The second-order valence-corrected chi connectivity index (χ2v) is 5.45. The van der Waals surface area contributed by atoms with Gasteiger partial charge in [-0.2, -0.15) is 22.7 Å². The van der Waals surface area contributed by atoms with E-state index in [0.717, 1.165) is 7.05 Å². The normalized spacial score (nSPS) is 11.9. The SMILES string of the molecule is Cn1nc(C(F)F)c(C(=O)NCc2c(C(F)(F)F)ccc(Cl)c2F)c1F. The summed E-state index contributed by atoms with van der Waals surface area (Å²) in [6.07, 6.45) is -8.26. The van der Waals surface area contributed by atoms with Crippen LogP contribution in [0.4, 0.5) is 30.7 Å². The van der Waals surface area contributed by atoms with Gasteiger partial charge in [-0.05, 0) is 12.1 Å². The summed E-state index contributed by atoms with van der Waals surface area (Å²) in [7, 11) is 0.955. The van der Waals surface area contributed by atoms with Crippen LogP contribution < -0.4 is 5.32 Å². The summed E-state index contributed by atoms with van der Waals surface area (Å²) in [5.74, 6) is -4.33. The Morgan fingerprint density at radius 1 is 1.31 bits per heavy atom. The van der Waals surface area contributed by atoms with Crippen molar-refractivity contribution in [2.24, 2.45) is 7.05 Å². The van der Waals surface area contributed by atoms with Gasteiger partial charge in [-0.1, -0.05) is 11.6 Å². The quantitative estimate of drug-likeness (QED) is 0.776. The van der Waals surface area contributed by atoms with Crippen LogP contribution in [-0.2, 0) is 19.8 Å². The zero-order valence-corrected chi connectivity index (χ0v) is 13.5. The van der Waals surface area contributed by atoms with Crippen LogP contribution in [0, 0.1) is 11.8 Å². The van der Waals surface area contributed by atoms with Gasteiger partial charge in [0.1, 0.15) is 17.1 Å². The molecule has 0 saturated carbocycles. The van der Waals surface area contributed by atoms with E-state index in [0.29, 0.717) is 16.8 Å². The zero-order valence-electron chi connectivity index (χ0n) is 12.8. The number of carbonyl (C=O) groups is 1. The fourth-order valence-corrected chi connectivity index (χ4v) is 2.35. The first-order valence-electron chi connectivity index (χ1n) is 6.78. The van der Waals surface area contributed by atoms with Crippen molar-refractivity contribution in [2.45, 2.75) is 19.1 Å². The van der Waals surface area contributed by atoms with E-state index in [2.05, 4.69) is 5.10 Å². The van der Waals surface area contributed by atoms with Crippen LogP contribution in [0.5, 0.6) is 0 Å². The number of hydrogen-bond acceptors (Lipinski definition) is 2. The molecule has 2 rings (SSSR count). The molecule has 0 aliphatic carbocycles. The molecular formula is C14H9ClF7N3O. The number of nitrogens with zero attached hydrogens (tertiary/aromatic N) is 2. The Kier molecular flexibility index (Phi) is 5.49. The number of carbonyl (C=O) groups excluding carboxylic acids is 1. The smallest absolute Gasteiger partial charge is 0.348 e. The predicted octanol–water partition coefficient (Wildman–Crippen LogP) is 4.24. The summed E-state index contributed by atoms with van der Waals surface area (Å²) in [6.45, 7) is -1.06. The summed E-state index contributed by atoms with van der Waals surface area (Å²) in [6, 6.07) is 1.18. The first-order valence-corrected chi connectivity index (χ1v) is 7.15. The molecule has 0 fully saturated rings. The van der Waals surface area contributed by atoms with E-state index >= 15 is 0 Å². The molecule has 12 heteroatoms. The summed E-state index contributed by atoms with van der Waals surface area (Å²) in [4.78, 5) is 12.0. The number of aromatic nitrogens is 2. The summed E-state index contributed by atoms with van der Waals surface area (Å²) < 4.78 is 92.6. The molecule has 1 aromatic carbocycles. The van der Waals surface area contributed by atoms with Crippen molar-refractivity contribution in [1.82, 2.24) is 15.1 Å². The van der Waals surface area contributed by atoms with Gasteiger partial charge in [0.25, 0.3) is 12.3 Å². The second-order valence-electron chi connectivity index (χ2n) is 5.04. The molecule has 0 spiro atoms. The van der Waals surface area contributed by atoms with Gasteiger partial charge in [-0.3, -0.25) is 4.79 Å². The lowest BCUT2D eigenvalue weighted by molar-refractivity contribution is -0.138. The summed E-state index contributed by atoms with van der Waals surface area (Å²) in [5, 5.41) is 4.27. The van der Waals surface area contributed by atoms with Crippen molar-refractivity contribution in [3.8, 4) is 0 Å². The molecule has 0 aliphatic rings. The van der Waals surface area contributed by atoms with Crippen molar-refractivity contribution in [1.29, 1.82) is 0 Å². The Morgan fingerprint density at radius 3 is 2.46 bits per heavy atom. The molecule has 0 atom stereocenters. The standard InChI is InChI=1S/C14H9ClF7N3O/c1-25-12(19)8(10(24-25)11(17)18)13(26)23-4-5-6(14(20,21)22)2-3-7(15)9(5)16/h2-3,11H,4H2,1H3,(H,23,26). The fourth-order valence-electron chi connectivity index (χ4n) is 2.17. The van der Waals surface area contributed by atoms with E-state index in [4.69, 9.17) is 11.6 Å². The Hall–Kier alpha value is -2.30. The number of nitrogens with one attached hydrogen (secondary N) is 1. The summed E-state index contributed by atoms with van der Waals surface area (Å²) >= 11 is 5.44. The molecule has 26 heavy (non-hydrogen) atoms. The number of halogens is 8. The molecule has 4 nitrogen and oxygen atoms in total. The third-order valence-electron chi connectivity index (χ3n) is 3.37. The van der Waals surface area contributed by atoms with Gasteiger partial charge >= 0.3 is 6.18 Å². The first-order chi connectivity index (χ1) is 11.9. The summed E-state index contributed by atoms with van der Waals surface area (Å²) in [5.41, 5.74) is -4.76.